The second kappa shape index (κ2) is 9.77. The summed E-state index contributed by atoms with van der Waals surface area (Å²) >= 11 is 6.46. The Morgan fingerprint density at radius 3 is 2.57 bits per heavy atom. The average molecular weight is 414 g/mol. The fraction of sp³-hybridized carbons (Fsp3) is 0.158. The van der Waals surface area contributed by atoms with E-state index in [2.05, 4.69) is 31.6 Å². The van der Waals surface area contributed by atoms with Crippen LogP contribution in [0.5, 0.6) is 5.75 Å². The standard InChI is InChI=1S/C19H19N5O2S2/c1-26-16-4-2-3-13(11-16)9-10-20-19(27)22-15-7-5-14(6-8-15)21-18(25)17-12-28-24-23-17/h2-8,11-12H,9-10H2,1H3,(H,21,25)(H2,20,22,27). The molecule has 3 aromatic rings. The van der Waals surface area contributed by atoms with Crippen molar-refractivity contribution in [3.8, 4) is 5.75 Å². The minimum atomic E-state index is -0.288. The number of nitrogens with zero attached hydrogens (tertiary/aromatic N) is 2. The summed E-state index contributed by atoms with van der Waals surface area (Å²) in [5.41, 5.74) is 2.96. The fourth-order valence-electron chi connectivity index (χ4n) is 2.42. The molecule has 0 fully saturated rings. The molecule has 0 aliphatic rings. The number of benzene rings is 2. The molecule has 0 unspecified atom stereocenters. The molecular formula is C19H19N5O2S2. The summed E-state index contributed by atoms with van der Waals surface area (Å²) in [5, 5.41) is 14.9. The first-order valence-electron chi connectivity index (χ1n) is 8.50. The van der Waals surface area contributed by atoms with E-state index in [0.29, 0.717) is 23.0 Å². The van der Waals surface area contributed by atoms with Gasteiger partial charge >= 0.3 is 0 Å². The SMILES string of the molecule is COc1cccc(CCNC(=S)Nc2ccc(NC(=O)c3csnn3)cc2)c1. The van der Waals surface area contributed by atoms with Crippen molar-refractivity contribution in [1.82, 2.24) is 14.9 Å². The summed E-state index contributed by atoms with van der Waals surface area (Å²) in [6, 6.07) is 15.2. The molecule has 3 N–H and O–H groups in total. The lowest BCUT2D eigenvalue weighted by Crippen LogP contribution is -2.30. The van der Waals surface area contributed by atoms with Crippen molar-refractivity contribution in [1.29, 1.82) is 0 Å². The highest BCUT2D eigenvalue weighted by Gasteiger charge is 2.08. The summed E-state index contributed by atoms with van der Waals surface area (Å²) in [4.78, 5) is 12.0. The van der Waals surface area contributed by atoms with E-state index < -0.39 is 0 Å². The van der Waals surface area contributed by atoms with Crippen LogP contribution in [0.2, 0.25) is 0 Å². The largest absolute Gasteiger partial charge is 0.497 e. The van der Waals surface area contributed by atoms with E-state index in [4.69, 9.17) is 17.0 Å². The van der Waals surface area contributed by atoms with Crippen molar-refractivity contribution < 1.29 is 9.53 Å². The topological polar surface area (TPSA) is 88.2 Å². The van der Waals surface area contributed by atoms with E-state index in [-0.39, 0.29) is 5.91 Å². The Kier molecular flexibility index (Phi) is 6.88. The van der Waals surface area contributed by atoms with Gasteiger partial charge in [0, 0.05) is 23.3 Å². The van der Waals surface area contributed by atoms with Gasteiger partial charge in [-0.05, 0) is 72.1 Å². The van der Waals surface area contributed by atoms with Crippen molar-refractivity contribution in [2.45, 2.75) is 6.42 Å². The highest BCUT2D eigenvalue weighted by molar-refractivity contribution is 7.80. The van der Waals surface area contributed by atoms with Gasteiger partial charge in [-0.15, -0.1) is 5.10 Å². The molecule has 144 valence electrons. The molecule has 0 saturated carbocycles. The molecule has 2 aromatic carbocycles. The van der Waals surface area contributed by atoms with Gasteiger partial charge in [0.05, 0.1) is 7.11 Å². The number of carbonyl (C=O) groups excluding carboxylic acids is 1. The van der Waals surface area contributed by atoms with E-state index in [1.54, 1.807) is 24.6 Å². The number of ether oxygens (including phenoxy) is 1. The van der Waals surface area contributed by atoms with Gasteiger partial charge in [0.2, 0.25) is 0 Å². The highest BCUT2D eigenvalue weighted by Crippen LogP contribution is 2.15. The third kappa shape index (κ3) is 5.73. The Bertz CT molecular complexity index is 930. The van der Waals surface area contributed by atoms with Crippen LogP contribution in [0.15, 0.2) is 53.9 Å². The number of thiocarbonyl (C=S) groups is 1. The molecule has 0 spiro atoms. The monoisotopic (exact) mass is 413 g/mol. The predicted molar refractivity (Wildman–Crippen MR) is 115 cm³/mol. The number of nitrogens with one attached hydrogen (secondary N) is 3. The number of hydrogen-bond acceptors (Lipinski definition) is 6. The number of hydrogen-bond donors (Lipinski definition) is 3. The van der Waals surface area contributed by atoms with Gasteiger partial charge in [0.15, 0.2) is 10.8 Å². The number of carbonyl (C=O) groups is 1. The number of rotatable bonds is 7. The van der Waals surface area contributed by atoms with Gasteiger partial charge < -0.3 is 20.7 Å². The van der Waals surface area contributed by atoms with Gasteiger partial charge in [-0.3, -0.25) is 4.79 Å². The Hall–Kier alpha value is -3.04. The number of aromatic nitrogens is 2. The molecule has 9 heteroatoms. The van der Waals surface area contributed by atoms with Gasteiger partial charge in [-0.25, -0.2) is 0 Å². The molecule has 0 bridgehead atoms. The smallest absolute Gasteiger partial charge is 0.277 e. The van der Waals surface area contributed by atoms with Gasteiger partial charge in [0.25, 0.3) is 5.91 Å². The summed E-state index contributed by atoms with van der Waals surface area (Å²) in [6.07, 6.45) is 0.829. The molecule has 3 rings (SSSR count). The molecule has 0 saturated heterocycles. The third-order valence-electron chi connectivity index (χ3n) is 3.83. The van der Waals surface area contributed by atoms with Crippen molar-refractivity contribution in [3.05, 3.63) is 65.2 Å². The predicted octanol–water partition coefficient (Wildman–Crippen LogP) is 3.33. The van der Waals surface area contributed by atoms with Crippen molar-refractivity contribution in [2.24, 2.45) is 0 Å². The van der Waals surface area contributed by atoms with Crippen LogP contribution in [0.25, 0.3) is 0 Å². The van der Waals surface area contributed by atoms with Crippen LogP contribution in [0.3, 0.4) is 0 Å². The number of amides is 1. The minimum Gasteiger partial charge on any atom is -0.497 e. The van der Waals surface area contributed by atoms with Gasteiger partial charge in [-0.2, -0.15) is 0 Å². The summed E-state index contributed by atoms with van der Waals surface area (Å²) < 4.78 is 8.90. The van der Waals surface area contributed by atoms with Crippen LogP contribution in [0.1, 0.15) is 16.1 Å². The van der Waals surface area contributed by atoms with Crippen molar-refractivity contribution in [2.75, 3.05) is 24.3 Å². The van der Waals surface area contributed by atoms with E-state index in [1.165, 1.54) is 5.56 Å². The zero-order chi connectivity index (χ0) is 19.8. The van der Waals surface area contributed by atoms with E-state index in [1.807, 2.05) is 30.3 Å². The summed E-state index contributed by atoms with van der Waals surface area (Å²) in [7, 11) is 1.66. The Morgan fingerprint density at radius 2 is 1.89 bits per heavy atom. The maximum atomic E-state index is 12.0. The highest BCUT2D eigenvalue weighted by atomic mass is 32.1. The van der Waals surface area contributed by atoms with Gasteiger partial charge in [-0.1, -0.05) is 16.6 Å². The maximum absolute atomic E-state index is 12.0. The zero-order valence-electron chi connectivity index (χ0n) is 15.1. The first kappa shape index (κ1) is 19.7. The Balaban J connectivity index is 1.44. The molecule has 1 amide bonds. The van der Waals surface area contributed by atoms with Crippen LogP contribution in [0.4, 0.5) is 11.4 Å². The molecule has 0 aliphatic heterocycles. The molecule has 28 heavy (non-hydrogen) atoms. The zero-order valence-corrected chi connectivity index (χ0v) is 16.8. The van der Waals surface area contributed by atoms with Crippen LogP contribution < -0.4 is 20.7 Å². The summed E-state index contributed by atoms with van der Waals surface area (Å²) in [5.74, 6) is 0.556. The van der Waals surface area contributed by atoms with E-state index >= 15 is 0 Å². The van der Waals surface area contributed by atoms with Crippen molar-refractivity contribution in [3.63, 3.8) is 0 Å². The minimum absolute atomic E-state index is 0.288. The first-order valence-corrected chi connectivity index (χ1v) is 9.75. The second-order valence-electron chi connectivity index (χ2n) is 5.80. The average Bonchev–Trinajstić information content (AvgIpc) is 3.25. The molecule has 1 aromatic heterocycles. The maximum Gasteiger partial charge on any atom is 0.277 e. The van der Waals surface area contributed by atoms with Gasteiger partial charge in [0.1, 0.15) is 5.75 Å². The second-order valence-corrected chi connectivity index (χ2v) is 6.82. The lowest BCUT2D eigenvalue weighted by Gasteiger charge is -2.11. The number of methoxy groups -OCH3 is 1. The quantitative estimate of drug-likeness (QED) is 0.512. The number of anilines is 2. The molecule has 0 aliphatic carbocycles. The Labute approximate surface area is 172 Å². The van der Waals surface area contributed by atoms with Crippen LogP contribution >= 0.6 is 23.8 Å². The van der Waals surface area contributed by atoms with Crippen molar-refractivity contribution >= 4 is 46.1 Å². The van der Waals surface area contributed by atoms with Crippen LogP contribution in [-0.4, -0.2) is 34.3 Å². The fourth-order valence-corrected chi connectivity index (χ4v) is 3.08. The lowest BCUT2D eigenvalue weighted by atomic mass is 10.1. The van der Waals surface area contributed by atoms with Crippen LogP contribution in [-0.2, 0) is 6.42 Å². The molecule has 0 radical (unpaired) electrons. The molecule has 0 atom stereocenters. The Morgan fingerprint density at radius 1 is 1.14 bits per heavy atom. The van der Waals surface area contributed by atoms with E-state index in [9.17, 15) is 4.79 Å². The van der Waals surface area contributed by atoms with Crippen LogP contribution in [0, 0.1) is 0 Å². The molecule has 7 nitrogen and oxygen atoms in total. The van der Waals surface area contributed by atoms with E-state index in [0.717, 1.165) is 29.4 Å². The summed E-state index contributed by atoms with van der Waals surface area (Å²) in [6.45, 7) is 0.703. The first-order chi connectivity index (χ1) is 13.6. The molecular weight excluding hydrogens is 394 g/mol. The normalized spacial score (nSPS) is 10.2. The lowest BCUT2D eigenvalue weighted by molar-refractivity contribution is 0.102. The third-order valence-corrected chi connectivity index (χ3v) is 4.58. The molecule has 1 heterocycles.